The van der Waals surface area contributed by atoms with E-state index in [1.54, 1.807) is 7.05 Å². The molecule has 0 aromatic heterocycles. The summed E-state index contributed by atoms with van der Waals surface area (Å²) in [5.41, 5.74) is 2.44. The molecule has 0 aliphatic rings. The van der Waals surface area contributed by atoms with Crippen molar-refractivity contribution in [1.82, 2.24) is 5.53 Å². The number of hydrazone groups is 1. The van der Waals surface area contributed by atoms with Crippen LogP contribution in [0.1, 0.15) is 0 Å². The predicted molar refractivity (Wildman–Crippen MR) is 45.6 cm³/mol. The quantitative estimate of drug-likeness (QED) is 0.134. The van der Waals surface area contributed by atoms with Crippen LogP contribution in [-0.2, 0) is 0 Å². The highest BCUT2D eigenvalue weighted by atomic mass is 16.0. The van der Waals surface area contributed by atoms with Gasteiger partial charge in [-0.2, -0.15) is 16.4 Å². The van der Waals surface area contributed by atoms with E-state index in [0.29, 0.717) is 6.54 Å². The number of nitrogens with two attached hydrogens (primary N) is 4. The SMILES string of the molecule is C[N+](N)(N)C/C=N\N[N+](C)(N)N. The predicted octanol–water partition coefficient (Wildman–Crippen LogP) is -3.14. The molecule has 0 atom stereocenters. The Balaban J connectivity index is 3.66. The molecule has 0 amide bonds. The van der Waals surface area contributed by atoms with Gasteiger partial charge < -0.3 is 0 Å². The van der Waals surface area contributed by atoms with Gasteiger partial charge in [0.25, 0.3) is 0 Å². The van der Waals surface area contributed by atoms with Gasteiger partial charge in [-0.05, 0) is 0 Å². The maximum absolute atomic E-state index is 5.41. The average molecular weight is 178 g/mol. The van der Waals surface area contributed by atoms with Crippen molar-refractivity contribution in [2.45, 2.75) is 0 Å². The van der Waals surface area contributed by atoms with E-state index in [9.17, 15) is 0 Å². The Morgan fingerprint density at radius 3 is 2.08 bits per heavy atom. The van der Waals surface area contributed by atoms with Crippen LogP contribution in [-0.4, -0.2) is 36.4 Å². The molecule has 72 valence electrons. The van der Waals surface area contributed by atoms with Gasteiger partial charge in [-0.15, -0.1) is 22.3 Å². The van der Waals surface area contributed by atoms with E-state index in [1.165, 1.54) is 13.3 Å². The Bertz CT molecular complexity index is 131. The summed E-state index contributed by atoms with van der Waals surface area (Å²) in [4.78, 5) is -0.435. The standard InChI is InChI=1S/C4H18N8/c1-11(5,6)4-3-9-10-12(2,7)8/h3,10H,4-8H2,1-2H3/q+2/b9-3-. The van der Waals surface area contributed by atoms with Crippen LogP contribution in [0.4, 0.5) is 0 Å². The molecule has 0 radical (unpaired) electrons. The van der Waals surface area contributed by atoms with Crippen molar-refractivity contribution in [3.05, 3.63) is 0 Å². The van der Waals surface area contributed by atoms with Gasteiger partial charge in [0.05, 0.1) is 6.21 Å². The largest absolute Gasteiger partial charge is 0.174 e. The van der Waals surface area contributed by atoms with Crippen LogP contribution >= 0.6 is 0 Å². The molecule has 8 nitrogen and oxygen atoms in total. The van der Waals surface area contributed by atoms with E-state index < -0.39 is 4.81 Å². The second-order valence-electron chi connectivity index (χ2n) is 3.09. The minimum absolute atomic E-state index is 0.177. The Labute approximate surface area is 71.4 Å². The first-order valence-corrected chi connectivity index (χ1v) is 3.36. The number of nitrogens with one attached hydrogen (secondary N) is 1. The fourth-order valence-corrected chi connectivity index (χ4v) is 0.382. The molecule has 0 spiro atoms. The molecule has 0 fully saturated rings. The molecular formula is C4H18N8+2. The summed E-state index contributed by atoms with van der Waals surface area (Å²) in [5, 5.41) is 3.70. The van der Waals surface area contributed by atoms with E-state index in [1.807, 2.05) is 0 Å². The minimum atomic E-state index is -0.435. The topological polar surface area (TPSA) is 128 Å². The van der Waals surface area contributed by atoms with Gasteiger partial charge in [0.15, 0.2) is 6.54 Å². The Hall–Kier alpha value is -0.770. The summed E-state index contributed by atoms with van der Waals surface area (Å²) in [6.07, 6.45) is 1.50. The monoisotopic (exact) mass is 178 g/mol. The molecule has 0 saturated heterocycles. The molecule has 0 bridgehead atoms. The molecular weight excluding hydrogens is 160 g/mol. The molecule has 8 heteroatoms. The van der Waals surface area contributed by atoms with Crippen LogP contribution in [0.25, 0.3) is 0 Å². The van der Waals surface area contributed by atoms with E-state index >= 15 is 0 Å². The zero-order chi connectivity index (χ0) is 9.83. The van der Waals surface area contributed by atoms with E-state index in [0.717, 1.165) is 0 Å². The molecule has 0 aromatic rings. The van der Waals surface area contributed by atoms with Gasteiger partial charge in [-0.25, -0.2) is 0 Å². The molecule has 0 aliphatic heterocycles. The van der Waals surface area contributed by atoms with Crippen LogP contribution in [0.2, 0.25) is 0 Å². The van der Waals surface area contributed by atoms with Crippen molar-refractivity contribution in [3.8, 4) is 0 Å². The average Bonchev–Trinajstić information content (AvgIpc) is 1.76. The summed E-state index contributed by atoms with van der Waals surface area (Å²) in [6.45, 7) is 0.382. The van der Waals surface area contributed by atoms with Crippen molar-refractivity contribution in [3.63, 3.8) is 0 Å². The summed E-state index contributed by atoms with van der Waals surface area (Å²) in [7, 11) is 3.15. The molecule has 0 saturated carbocycles. The van der Waals surface area contributed by atoms with E-state index in [-0.39, 0.29) is 4.70 Å². The zero-order valence-electron chi connectivity index (χ0n) is 7.44. The van der Waals surface area contributed by atoms with E-state index in [2.05, 4.69) is 10.6 Å². The Kier molecular flexibility index (Phi) is 3.52. The second-order valence-corrected chi connectivity index (χ2v) is 3.09. The number of rotatable bonds is 4. The lowest BCUT2D eigenvalue weighted by Gasteiger charge is -2.19. The number of quaternary nitrogens is 2. The van der Waals surface area contributed by atoms with Crippen LogP contribution in [0, 0.1) is 0 Å². The fraction of sp³-hybridized carbons (Fsp3) is 0.750. The first kappa shape index (κ1) is 11.2. The molecule has 0 aliphatic carbocycles. The summed E-state index contributed by atoms with van der Waals surface area (Å²) >= 11 is 0. The van der Waals surface area contributed by atoms with Gasteiger partial charge in [0.2, 0.25) is 0 Å². The second kappa shape index (κ2) is 3.76. The molecule has 12 heavy (non-hydrogen) atoms. The lowest BCUT2D eigenvalue weighted by molar-refractivity contribution is -0.976. The minimum Gasteiger partial charge on any atom is -0.174 e. The van der Waals surface area contributed by atoms with Gasteiger partial charge in [-0.3, -0.25) is 0 Å². The normalized spacial score (nSPS) is 13.8. The fourth-order valence-electron chi connectivity index (χ4n) is 0.382. The third-order valence-electron chi connectivity index (χ3n) is 0.840. The molecule has 0 aromatic carbocycles. The number of hydrogen-bond acceptors (Lipinski definition) is 6. The molecule has 0 heterocycles. The van der Waals surface area contributed by atoms with Crippen molar-refractivity contribution in [2.24, 2.45) is 28.5 Å². The first-order chi connectivity index (χ1) is 5.21. The van der Waals surface area contributed by atoms with Crippen LogP contribution in [0.3, 0.4) is 0 Å². The maximum Gasteiger partial charge on any atom is 0.152 e. The third kappa shape index (κ3) is 9.23. The van der Waals surface area contributed by atoms with E-state index in [4.69, 9.17) is 23.4 Å². The molecule has 9 N–H and O–H groups in total. The van der Waals surface area contributed by atoms with Gasteiger partial charge in [0, 0.05) is 0 Å². The molecule has 0 unspecified atom stereocenters. The van der Waals surface area contributed by atoms with Crippen LogP contribution < -0.4 is 28.9 Å². The third-order valence-corrected chi connectivity index (χ3v) is 0.840. The van der Waals surface area contributed by atoms with Crippen molar-refractivity contribution in [2.75, 3.05) is 20.6 Å². The highest BCUT2D eigenvalue weighted by Crippen LogP contribution is 1.74. The van der Waals surface area contributed by atoms with Crippen molar-refractivity contribution >= 4 is 6.21 Å². The Morgan fingerprint density at radius 1 is 1.25 bits per heavy atom. The molecule has 0 rings (SSSR count). The lowest BCUT2D eigenvalue weighted by atomic mass is 10.7. The van der Waals surface area contributed by atoms with Crippen LogP contribution in [0.5, 0.6) is 0 Å². The number of hydrogen-bond donors (Lipinski definition) is 5. The van der Waals surface area contributed by atoms with Gasteiger partial charge in [-0.1, -0.05) is 4.81 Å². The summed E-state index contributed by atoms with van der Waals surface area (Å²) < 4.78 is -0.177. The summed E-state index contributed by atoms with van der Waals surface area (Å²) in [5.74, 6) is 21.4. The highest BCUT2D eigenvalue weighted by molar-refractivity contribution is 5.57. The van der Waals surface area contributed by atoms with Crippen molar-refractivity contribution < 1.29 is 9.51 Å². The van der Waals surface area contributed by atoms with Crippen molar-refractivity contribution in [1.29, 1.82) is 0 Å². The van der Waals surface area contributed by atoms with Crippen LogP contribution in [0.15, 0.2) is 5.10 Å². The zero-order valence-corrected chi connectivity index (χ0v) is 7.44. The number of nitrogens with zero attached hydrogens (tertiary/aromatic N) is 3. The summed E-state index contributed by atoms with van der Waals surface area (Å²) in [6, 6.07) is 0. The highest BCUT2D eigenvalue weighted by Gasteiger charge is 2.07. The van der Waals surface area contributed by atoms with Gasteiger partial charge >= 0.3 is 0 Å². The maximum atomic E-state index is 5.41. The lowest BCUT2D eigenvalue weighted by Crippen LogP contribution is -2.64. The smallest absolute Gasteiger partial charge is 0.152 e. The Morgan fingerprint density at radius 2 is 1.75 bits per heavy atom. The first-order valence-electron chi connectivity index (χ1n) is 3.36. The van der Waals surface area contributed by atoms with Gasteiger partial charge in [0.1, 0.15) is 14.1 Å².